The third-order valence-electron chi connectivity index (χ3n) is 1.84. The molecule has 2 heterocycles. The van der Waals surface area contributed by atoms with Crippen molar-refractivity contribution in [3.63, 3.8) is 0 Å². The molecular formula is C9H8N2O2S. The van der Waals surface area contributed by atoms with Crippen molar-refractivity contribution < 1.29 is 9.59 Å². The van der Waals surface area contributed by atoms with Gasteiger partial charge in [0.05, 0.1) is 11.8 Å². The van der Waals surface area contributed by atoms with Crippen molar-refractivity contribution in [3.8, 4) is 0 Å². The Morgan fingerprint density at radius 2 is 2.43 bits per heavy atom. The van der Waals surface area contributed by atoms with Crippen molar-refractivity contribution in [3.05, 3.63) is 30.1 Å². The minimum atomic E-state index is -0.0600. The SMILES string of the molecule is O=C1C[C@@H](SC(=O)c2cccnc2)N1. The molecule has 5 heteroatoms. The van der Waals surface area contributed by atoms with E-state index in [-0.39, 0.29) is 16.4 Å². The fourth-order valence-electron chi connectivity index (χ4n) is 1.08. The zero-order chi connectivity index (χ0) is 9.97. The number of rotatable bonds is 2. The van der Waals surface area contributed by atoms with Gasteiger partial charge in [0.15, 0.2) is 0 Å². The van der Waals surface area contributed by atoms with Crippen molar-refractivity contribution in [2.75, 3.05) is 0 Å². The van der Waals surface area contributed by atoms with E-state index in [9.17, 15) is 9.59 Å². The lowest BCUT2D eigenvalue weighted by atomic mass is 10.3. The lowest BCUT2D eigenvalue weighted by Crippen LogP contribution is -2.46. The van der Waals surface area contributed by atoms with Gasteiger partial charge in [0.25, 0.3) is 0 Å². The van der Waals surface area contributed by atoms with Gasteiger partial charge in [-0.3, -0.25) is 14.6 Å². The highest BCUT2D eigenvalue weighted by atomic mass is 32.2. The van der Waals surface area contributed by atoms with Crippen LogP contribution in [0.1, 0.15) is 16.8 Å². The standard InChI is InChI=1S/C9H8N2O2S/c12-7-4-8(11-7)14-9(13)6-2-1-3-10-5-6/h1-3,5,8H,4H2,(H,11,12)/t8-/m1/s1. The van der Waals surface area contributed by atoms with Crippen LogP contribution in [0, 0.1) is 0 Å². The topological polar surface area (TPSA) is 59.1 Å². The average Bonchev–Trinajstić information content (AvgIpc) is 2.17. The summed E-state index contributed by atoms with van der Waals surface area (Å²) in [5.74, 6) is 0.00138. The summed E-state index contributed by atoms with van der Waals surface area (Å²) in [6.45, 7) is 0. The smallest absolute Gasteiger partial charge is 0.223 e. The first-order chi connectivity index (χ1) is 6.75. The summed E-state index contributed by atoms with van der Waals surface area (Å²) in [7, 11) is 0. The first-order valence-corrected chi connectivity index (χ1v) is 5.04. The Balaban J connectivity index is 1.93. The molecule has 0 aliphatic carbocycles. The number of pyridine rings is 1. The molecule has 1 saturated heterocycles. The maximum Gasteiger partial charge on any atom is 0.223 e. The van der Waals surface area contributed by atoms with Crippen molar-refractivity contribution in [2.24, 2.45) is 0 Å². The number of aromatic nitrogens is 1. The second-order valence-corrected chi connectivity index (χ2v) is 4.08. The number of hydrogen-bond donors (Lipinski definition) is 1. The second-order valence-electron chi connectivity index (χ2n) is 2.91. The predicted molar refractivity (Wildman–Crippen MR) is 52.7 cm³/mol. The predicted octanol–water partition coefficient (Wildman–Crippen LogP) is 0.801. The number of nitrogens with zero attached hydrogens (tertiary/aromatic N) is 1. The molecule has 1 aliphatic rings. The molecule has 14 heavy (non-hydrogen) atoms. The van der Waals surface area contributed by atoms with E-state index in [0.717, 1.165) is 11.8 Å². The second kappa shape index (κ2) is 3.79. The normalized spacial score (nSPS) is 19.7. The van der Waals surface area contributed by atoms with Crippen LogP contribution in [-0.2, 0) is 4.79 Å². The highest BCUT2D eigenvalue weighted by molar-refractivity contribution is 8.14. The van der Waals surface area contributed by atoms with Crippen LogP contribution >= 0.6 is 11.8 Å². The fourth-order valence-corrected chi connectivity index (χ4v) is 2.02. The lowest BCUT2D eigenvalue weighted by Gasteiger charge is -2.24. The third kappa shape index (κ3) is 1.93. The van der Waals surface area contributed by atoms with Crippen LogP contribution in [0.25, 0.3) is 0 Å². The number of thioether (sulfide) groups is 1. The van der Waals surface area contributed by atoms with E-state index in [1.807, 2.05) is 0 Å². The Hall–Kier alpha value is -1.36. The van der Waals surface area contributed by atoms with E-state index >= 15 is 0 Å². The number of hydrogen-bond acceptors (Lipinski definition) is 4. The van der Waals surface area contributed by atoms with Crippen LogP contribution in [0.5, 0.6) is 0 Å². The van der Waals surface area contributed by atoms with Crippen molar-refractivity contribution in [1.82, 2.24) is 10.3 Å². The highest BCUT2D eigenvalue weighted by Gasteiger charge is 2.28. The van der Waals surface area contributed by atoms with Gasteiger partial charge in [-0.25, -0.2) is 0 Å². The van der Waals surface area contributed by atoms with Crippen molar-refractivity contribution >= 4 is 22.8 Å². The summed E-state index contributed by atoms with van der Waals surface area (Å²) < 4.78 is 0. The van der Waals surface area contributed by atoms with Gasteiger partial charge in [0, 0.05) is 18.0 Å². The van der Waals surface area contributed by atoms with Crippen LogP contribution < -0.4 is 5.32 Å². The largest absolute Gasteiger partial charge is 0.343 e. The first-order valence-electron chi connectivity index (χ1n) is 4.16. The summed E-state index contributed by atoms with van der Waals surface area (Å²) in [4.78, 5) is 26.0. The number of amides is 1. The van der Waals surface area contributed by atoms with Crippen LogP contribution in [0.3, 0.4) is 0 Å². The Labute approximate surface area is 85.1 Å². The molecular weight excluding hydrogens is 200 g/mol. The molecule has 1 fully saturated rings. The molecule has 0 aromatic carbocycles. The molecule has 1 amide bonds. The molecule has 0 unspecified atom stereocenters. The van der Waals surface area contributed by atoms with Crippen LogP contribution in [0.15, 0.2) is 24.5 Å². The molecule has 2 rings (SSSR count). The average molecular weight is 208 g/mol. The Bertz CT molecular complexity index is 358. The number of nitrogens with one attached hydrogen (secondary N) is 1. The molecule has 0 saturated carbocycles. The van der Waals surface area contributed by atoms with Gasteiger partial charge in [-0.1, -0.05) is 11.8 Å². The van der Waals surface area contributed by atoms with Crippen LogP contribution in [0.4, 0.5) is 0 Å². The molecule has 1 atom stereocenters. The zero-order valence-electron chi connectivity index (χ0n) is 7.27. The molecule has 1 N–H and O–H groups in total. The summed E-state index contributed by atoms with van der Waals surface area (Å²) in [6.07, 6.45) is 3.57. The molecule has 72 valence electrons. The van der Waals surface area contributed by atoms with E-state index in [1.54, 1.807) is 18.3 Å². The Kier molecular flexibility index (Phi) is 2.49. The van der Waals surface area contributed by atoms with Gasteiger partial charge in [0.2, 0.25) is 11.0 Å². The summed E-state index contributed by atoms with van der Waals surface area (Å²) in [6, 6.07) is 3.43. The molecule has 1 aromatic heterocycles. The Morgan fingerprint density at radius 1 is 1.64 bits per heavy atom. The minimum Gasteiger partial charge on any atom is -0.343 e. The number of carbonyl (C=O) groups excluding carboxylic acids is 2. The molecule has 1 aliphatic heterocycles. The van der Waals surface area contributed by atoms with Gasteiger partial charge in [-0.05, 0) is 12.1 Å². The molecule has 0 spiro atoms. The highest BCUT2D eigenvalue weighted by Crippen LogP contribution is 2.22. The molecule has 1 aromatic rings. The van der Waals surface area contributed by atoms with Crippen LogP contribution in [-0.4, -0.2) is 21.4 Å². The number of β-lactam (4-membered cyclic amide) rings is 1. The van der Waals surface area contributed by atoms with Crippen molar-refractivity contribution in [1.29, 1.82) is 0 Å². The van der Waals surface area contributed by atoms with E-state index in [4.69, 9.17) is 0 Å². The summed E-state index contributed by atoms with van der Waals surface area (Å²) >= 11 is 1.13. The van der Waals surface area contributed by atoms with Gasteiger partial charge in [-0.15, -0.1) is 0 Å². The van der Waals surface area contributed by atoms with Gasteiger partial charge < -0.3 is 5.32 Å². The van der Waals surface area contributed by atoms with Gasteiger partial charge in [-0.2, -0.15) is 0 Å². The van der Waals surface area contributed by atoms with E-state index < -0.39 is 0 Å². The summed E-state index contributed by atoms with van der Waals surface area (Å²) in [5, 5.41) is 2.51. The maximum absolute atomic E-state index is 11.5. The van der Waals surface area contributed by atoms with Crippen LogP contribution in [0.2, 0.25) is 0 Å². The minimum absolute atomic E-state index is 0.00138. The summed E-state index contributed by atoms with van der Waals surface area (Å²) in [5.41, 5.74) is 0.568. The Morgan fingerprint density at radius 3 is 3.00 bits per heavy atom. The quantitative estimate of drug-likeness (QED) is 0.730. The number of carbonyl (C=O) groups is 2. The monoisotopic (exact) mass is 208 g/mol. The third-order valence-corrected chi connectivity index (χ3v) is 2.86. The fraction of sp³-hybridized carbons (Fsp3) is 0.222. The lowest BCUT2D eigenvalue weighted by molar-refractivity contribution is -0.126. The first kappa shape index (κ1) is 9.21. The van der Waals surface area contributed by atoms with E-state index in [0.29, 0.717) is 12.0 Å². The van der Waals surface area contributed by atoms with Crippen molar-refractivity contribution in [2.45, 2.75) is 11.8 Å². The maximum atomic E-state index is 11.5. The molecule has 4 nitrogen and oxygen atoms in total. The molecule has 0 bridgehead atoms. The zero-order valence-corrected chi connectivity index (χ0v) is 8.08. The van der Waals surface area contributed by atoms with E-state index in [2.05, 4.69) is 10.3 Å². The van der Waals surface area contributed by atoms with E-state index in [1.165, 1.54) is 6.20 Å². The molecule has 0 radical (unpaired) electrons. The van der Waals surface area contributed by atoms with Gasteiger partial charge >= 0.3 is 0 Å². The van der Waals surface area contributed by atoms with Gasteiger partial charge in [0.1, 0.15) is 0 Å².